The third-order valence-corrected chi connectivity index (χ3v) is 2.40. The van der Waals surface area contributed by atoms with E-state index in [-0.39, 0.29) is 5.97 Å². The second-order valence-electron chi connectivity index (χ2n) is 5.31. The Bertz CT molecular complexity index is 593. The number of rotatable bonds is 3. The number of pyridine rings is 1. The molecule has 0 bridgehead atoms. The van der Waals surface area contributed by atoms with Crippen molar-refractivity contribution < 1.29 is 9.53 Å². The van der Waals surface area contributed by atoms with Crippen LogP contribution in [0, 0.1) is 0 Å². The molecule has 0 aromatic carbocycles. The minimum atomic E-state index is -0.487. The maximum atomic E-state index is 11.5. The maximum absolute atomic E-state index is 11.5. The molecule has 0 fully saturated rings. The lowest BCUT2D eigenvalue weighted by atomic mass is 10.2. The van der Waals surface area contributed by atoms with Crippen LogP contribution in [0.2, 0.25) is 0 Å². The van der Waals surface area contributed by atoms with Crippen LogP contribution in [0.3, 0.4) is 0 Å². The smallest absolute Gasteiger partial charge is 0.331 e. The Morgan fingerprint density at radius 1 is 1.30 bits per heavy atom. The van der Waals surface area contributed by atoms with E-state index in [2.05, 4.69) is 15.2 Å². The summed E-state index contributed by atoms with van der Waals surface area (Å²) in [5.74, 6) is -0.378. The van der Waals surface area contributed by atoms with E-state index in [4.69, 9.17) is 4.74 Å². The second kappa shape index (κ2) is 5.69. The average Bonchev–Trinajstić information content (AvgIpc) is 2.89. The van der Waals surface area contributed by atoms with E-state index in [0.717, 1.165) is 11.3 Å². The molecule has 0 aliphatic rings. The molecule has 0 radical (unpaired) electrons. The number of aromatic nitrogens is 3. The highest BCUT2D eigenvalue weighted by molar-refractivity contribution is 5.87. The zero-order valence-electron chi connectivity index (χ0n) is 11.8. The number of carbonyl (C=O) groups excluding carboxylic acids is 1. The lowest BCUT2D eigenvalue weighted by Crippen LogP contribution is -2.22. The van der Waals surface area contributed by atoms with Gasteiger partial charge in [0, 0.05) is 24.0 Å². The summed E-state index contributed by atoms with van der Waals surface area (Å²) in [4.78, 5) is 15.8. The highest BCUT2D eigenvalue weighted by Gasteiger charge is 2.13. The van der Waals surface area contributed by atoms with E-state index in [9.17, 15) is 4.79 Å². The van der Waals surface area contributed by atoms with Crippen LogP contribution in [-0.4, -0.2) is 26.8 Å². The first-order chi connectivity index (χ1) is 9.44. The Labute approximate surface area is 117 Å². The average molecular weight is 271 g/mol. The molecule has 2 rings (SSSR count). The zero-order chi connectivity index (χ0) is 14.6. The zero-order valence-corrected chi connectivity index (χ0v) is 11.8. The molecule has 0 aliphatic heterocycles. The lowest BCUT2D eigenvalue weighted by molar-refractivity contribution is -0.148. The summed E-state index contributed by atoms with van der Waals surface area (Å²) in [5.41, 5.74) is 2.05. The number of H-pyrrole nitrogens is 1. The molecule has 5 nitrogen and oxygen atoms in total. The van der Waals surface area contributed by atoms with Gasteiger partial charge in [-0.15, -0.1) is 0 Å². The van der Waals surface area contributed by atoms with Gasteiger partial charge in [0.2, 0.25) is 0 Å². The number of esters is 1. The molecule has 0 aliphatic carbocycles. The monoisotopic (exact) mass is 271 g/mol. The molecular weight excluding hydrogens is 254 g/mol. The van der Waals surface area contributed by atoms with Crippen LogP contribution in [0.4, 0.5) is 0 Å². The fourth-order valence-corrected chi connectivity index (χ4v) is 1.57. The van der Waals surface area contributed by atoms with Gasteiger partial charge in [0.25, 0.3) is 0 Å². The van der Waals surface area contributed by atoms with Gasteiger partial charge >= 0.3 is 5.97 Å². The molecule has 0 atom stereocenters. The minimum Gasteiger partial charge on any atom is -0.457 e. The van der Waals surface area contributed by atoms with Gasteiger partial charge in [-0.2, -0.15) is 5.10 Å². The van der Waals surface area contributed by atoms with Crippen molar-refractivity contribution in [2.45, 2.75) is 26.4 Å². The molecular formula is C15H17N3O2. The van der Waals surface area contributed by atoms with Gasteiger partial charge < -0.3 is 4.74 Å². The van der Waals surface area contributed by atoms with Crippen molar-refractivity contribution in [2.24, 2.45) is 0 Å². The van der Waals surface area contributed by atoms with Crippen LogP contribution in [0.5, 0.6) is 0 Å². The van der Waals surface area contributed by atoms with Crippen LogP contribution in [0.25, 0.3) is 17.3 Å². The van der Waals surface area contributed by atoms with E-state index in [1.54, 1.807) is 18.5 Å². The van der Waals surface area contributed by atoms with Gasteiger partial charge in [0.05, 0.1) is 11.4 Å². The maximum Gasteiger partial charge on any atom is 0.331 e. The molecule has 2 aromatic rings. The van der Waals surface area contributed by atoms with Crippen LogP contribution >= 0.6 is 0 Å². The molecule has 0 unspecified atom stereocenters. The Kier molecular flexibility index (Phi) is 3.98. The molecule has 2 heterocycles. The van der Waals surface area contributed by atoms with Gasteiger partial charge in [-0.1, -0.05) is 0 Å². The Balaban J connectivity index is 2.02. The van der Waals surface area contributed by atoms with Crippen LogP contribution < -0.4 is 0 Å². The van der Waals surface area contributed by atoms with Crippen LogP contribution in [0.1, 0.15) is 26.5 Å². The Morgan fingerprint density at radius 2 is 2.10 bits per heavy atom. The van der Waals surface area contributed by atoms with Gasteiger partial charge in [-0.05, 0) is 45.0 Å². The number of nitrogens with one attached hydrogen (secondary N) is 1. The fraction of sp³-hybridized carbons (Fsp3) is 0.267. The van der Waals surface area contributed by atoms with Crippen LogP contribution in [0.15, 0.2) is 36.7 Å². The van der Waals surface area contributed by atoms with E-state index in [0.29, 0.717) is 5.69 Å². The van der Waals surface area contributed by atoms with Crippen molar-refractivity contribution in [1.29, 1.82) is 0 Å². The van der Waals surface area contributed by atoms with Gasteiger partial charge in [0.15, 0.2) is 0 Å². The standard InChI is InChI=1S/C15H17N3O2/c1-15(2,3)20-14(19)7-6-12-5-4-11(10-16-12)13-8-9-17-18-13/h4-10H,1-3H3,(H,17,18). The van der Waals surface area contributed by atoms with Crippen molar-refractivity contribution in [2.75, 3.05) is 0 Å². The summed E-state index contributed by atoms with van der Waals surface area (Å²) in [6, 6.07) is 5.61. The molecule has 104 valence electrons. The Hall–Kier alpha value is -2.43. The highest BCUT2D eigenvalue weighted by atomic mass is 16.6. The molecule has 5 heteroatoms. The molecule has 20 heavy (non-hydrogen) atoms. The van der Waals surface area contributed by atoms with Crippen molar-refractivity contribution in [1.82, 2.24) is 15.2 Å². The summed E-state index contributed by atoms with van der Waals surface area (Å²) in [7, 11) is 0. The molecule has 0 saturated carbocycles. The first-order valence-corrected chi connectivity index (χ1v) is 6.31. The first kappa shape index (κ1) is 14.0. The summed E-state index contributed by atoms with van der Waals surface area (Å²) in [5, 5.41) is 6.75. The van der Waals surface area contributed by atoms with Gasteiger partial charge in [-0.25, -0.2) is 4.79 Å². The molecule has 1 N–H and O–H groups in total. The van der Waals surface area contributed by atoms with E-state index in [1.165, 1.54) is 6.08 Å². The molecule has 0 spiro atoms. The van der Waals surface area contributed by atoms with E-state index in [1.807, 2.05) is 39.0 Å². The number of hydrogen-bond donors (Lipinski definition) is 1. The van der Waals surface area contributed by atoms with Gasteiger partial charge in [0.1, 0.15) is 5.60 Å². The summed E-state index contributed by atoms with van der Waals surface area (Å²) in [6.07, 6.45) is 6.42. The number of carbonyl (C=O) groups is 1. The van der Waals surface area contributed by atoms with Crippen molar-refractivity contribution in [3.63, 3.8) is 0 Å². The second-order valence-corrected chi connectivity index (χ2v) is 5.31. The quantitative estimate of drug-likeness (QED) is 0.688. The van der Waals surface area contributed by atoms with E-state index >= 15 is 0 Å². The highest BCUT2D eigenvalue weighted by Crippen LogP contribution is 2.15. The summed E-state index contributed by atoms with van der Waals surface area (Å²) < 4.78 is 5.18. The SMILES string of the molecule is CC(C)(C)OC(=O)C=Cc1ccc(-c2ccn[nH]2)cn1. The van der Waals surface area contributed by atoms with Crippen molar-refractivity contribution >= 4 is 12.0 Å². The summed E-state index contributed by atoms with van der Waals surface area (Å²) in [6.45, 7) is 5.49. The number of nitrogens with zero attached hydrogens (tertiary/aromatic N) is 2. The summed E-state index contributed by atoms with van der Waals surface area (Å²) >= 11 is 0. The minimum absolute atomic E-state index is 0.378. The normalized spacial score (nSPS) is 11.8. The predicted molar refractivity (Wildman–Crippen MR) is 76.7 cm³/mol. The number of hydrogen-bond acceptors (Lipinski definition) is 4. The van der Waals surface area contributed by atoms with Crippen molar-refractivity contribution in [3.8, 4) is 11.3 Å². The molecule has 2 aromatic heterocycles. The Morgan fingerprint density at radius 3 is 2.65 bits per heavy atom. The van der Waals surface area contributed by atoms with E-state index < -0.39 is 5.60 Å². The third kappa shape index (κ3) is 4.05. The lowest BCUT2D eigenvalue weighted by Gasteiger charge is -2.17. The molecule has 0 amide bonds. The van der Waals surface area contributed by atoms with Gasteiger partial charge in [-0.3, -0.25) is 10.1 Å². The fourth-order valence-electron chi connectivity index (χ4n) is 1.57. The first-order valence-electron chi connectivity index (χ1n) is 6.31. The third-order valence-electron chi connectivity index (χ3n) is 2.40. The number of ether oxygens (including phenoxy) is 1. The topological polar surface area (TPSA) is 67.9 Å². The number of aromatic amines is 1. The molecule has 0 saturated heterocycles. The van der Waals surface area contributed by atoms with Crippen molar-refractivity contribution in [3.05, 3.63) is 42.4 Å². The largest absolute Gasteiger partial charge is 0.457 e. The van der Waals surface area contributed by atoms with Crippen LogP contribution in [-0.2, 0) is 9.53 Å². The predicted octanol–water partition coefficient (Wildman–Crippen LogP) is 2.83.